The van der Waals surface area contributed by atoms with Crippen LogP contribution < -0.4 is 9.47 Å². The summed E-state index contributed by atoms with van der Waals surface area (Å²) in [5.74, 6) is 1.49. The molecule has 6 nitrogen and oxygen atoms in total. The van der Waals surface area contributed by atoms with Crippen LogP contribution in [0.4, 0.5) is 0 Å². The first-order valence-electron chi connectivity index (χ1n) is 9.32. The molecule has 7 heteroatoms. The highest BCUT2D eigenvalue weighted by Crippen LogP contribution is 2.37. The maximum Gasteiger partial charge on any atom is 0.231 e. The summed E-state index contributed by atoms with van der Waals surface area (Å²) in [5, 5.41) is 8.77. The van der Waals surface area contributed by atoms with E-state index >= 15 is 0 Å². The van der Waals surface area contributed by atoms with Crippen molar-refractivity contribution >= 4 is 22.5 Å². The van der Waals surface area contributed by atoms with Gasteiger partial charge in [0.2, 0.25) is 6.79 Å². The predicted octanol–water partition coefficient (Wildman–Crippen LogP) is 4.64. The van der Waals surface area contributed by atoms with Crippen LogP contribution in [-0.4, -0.2) is 33.9 Å². The number of nitrogens with one attached hydrogen (secondary N) is 1. The number of halogens is 1. The van der Waals surface area contributed by atoms with Crippen molar-refractivity contribution in [1.29, 1.82) is 0 Å². The molecule has 1 N–H and O–H groups in total. The van der Waals surface area contributed by atoms with Crippen LogP contribution in [0.1, 0.15) is 11.3 Å². The summed E-state index contributed by atoms with van der Waals surface area (Å²) in [6, 6.07) is 15.9. The minimum Gasteiger partial charge on any atom is -0.454 e. The summed E-state index contributed by atoms with van der Waals surface area (Å²) >= 11 is 6.09. The van der Waals surface area contributed by atoms with Crippen LogP contribution >= 0.6 is 11.6 Å². The molecule has 0 radical (unpaired) electrons. The molecule has 1 aliphatic rings. The Morgan fingerprint density at radius 2 is 1.83 bits per heavy atom. The van der Waals surface area contributed by atoms with Gasteiger partial charge in [0.05, 0.1) is 11.2 Å². The molecule has 0 spiro atoms. The minimum atomic E-state index is 0.246. The van der Waals surface area contributed by atoms with Crippen LogP contribution in [0, 0.1) is 0 Å². The first-order chi connectivity index (χ1) is 14.2. The minimum absolute atomic E-state index is 0.246. The fourth-order valence-electron chi connectivity index (χ4n) is 3.60. The van der Waals surface area contributed by atoms with Crippen molar-refractivity contribution in [2.24, 2.45) is 0 Å². The summed E-state index contributed by atoms with van der Waals surface area (Å²) in [6.07, 6.45) is 1.77. The van der Waals surface area contributed by atoms with Gasteiger partial charge in [0.15, 0.2) is 11.5 Å². The lowest BCUT2D eigenvalue weighted by Gasteiger charge is -2.19. The summed E-state index contributed by atoms with van der Waals surface area (Å²) in [7, 11) is 2.08. The average molecular weight is 407 g/mol. The summed E-state index contributed by atoms with van der Waals surface area (Å²) in [6.45, 7) is 1.74. The Kier molecular flexibility index (Phi) is 4.58. The first kappa shape index (κ1) is 18.0. The number of hydrogen-bond acceptors (Lipinski definition) is 5. The molecular weight excluding hydrogens is 388 g/mol. The number of H-pyrrole nitrogens is 1. The van der Waals surface area contributed by atoms with Gasteiger partial charge in [-0.05, 0) is 42.9 Å². The molecule has 4 aromatic rings. The third-order valence-corrected chi connectivity index (χ3v) is 5.20. The number of ether oxygens (including phenoxy) is 2. The van der Waals surface area contributed by atoms with E-state index < -0.39 is 0 Å². The van der Waals surface area contributed by atoms with Gasteiger partial charge in [-0.2, -0.15) is 5.10 Å². The maximum absolute atomic E-state index is 6.09. The Morgan fingerprint density at radius 1 is 1.03 bits per heavy atom. The smallest absolute Gasteiger partial charge is 0.231 e. The van der Waals surface area contributed by atoms with E-state index in [2.05, 4.69) is 28.2 Å². The van der Waals surface area contributed by atoms with Crippen molar-refractivity contribution in [3.63, 3.8) is 0 Å². The fourth-order valence-corrected chi connectivity index (χ4v) is 3.72. The molecular formula is C22H19ClN4O2. The van der Waals surface area contributed by atoms with E-state index in [9.17, 15) is 0 Å². The molecule has 5 rings (SSSR count). The molecule has 2 aromatic heterocycles. The zero-order valence-corrected chi connectivity index (χ0v) is 16.6. The molecule has 29 heavy (non-hydrogen) atoms. The topological polar surface area (TPSA) is 63.3 Å². The predicted molar refractivity (Wildman–Crippen MR) is 112 cm³/mol. The summed E-state index contributed by atoms with van der Waals surface area (Å²) in [4.78, 5) is 7.20. The van der Waals surface area contributed by atoms with Gasteiger partial charge in [-0.3, -0.25) is 10.00 Å². The van der Waals surface area contributed by atoms with Crippen molar-refractivity contribution in [2.75, 3.05) is 13.8 Å². The molecule has 0 unspecified atom stereocenters. The van der Waals surface area contributed by atoms with Gasteiger partial charge in [0.25, 0.3) is 0 Å². The van der Waals surface area contributed by atoms with Gasteiger partial charge in [0.1, 0.15) is 0 Å². The third kappa shape index (κ3) is 3.64. The van der Waals surface area contributed by atoms with E-state index in [0.29, 0.717) is 5.02 Å². The first-order valence-corrected chi connectivity index (χ1v) is 9.69. The Hall–Kier alpha value is -3.09. The van der Waals surface area contributed by atoms with Crippen LogP contribution in [0.15, 0.2) is 54.7 Å². The van der Waals surface area contributed by atoms with Gasteiger partial charge in [0, 0.05) is 47.0 Å². The molecule has 146 valence electrons. The standard InChI is InChI=1S/C22H19ClN4O2/c1-27(12-18-6-7-24-26-18)11-16-8-15-9-20-21(29-13-28-20)10-19(15)25-22(16)14-2-4-17(23)5-3-14/h2-10H,11-13H2,1H3,(H,24,26). The quantitative estimate of drug-likeness (QED) is 0.523. The highest BCUT2D eigenvalue weighted by atomic mass is 35.5. The van der Waals surface area contributed by atoms with E-state index in [0.717, 1.165) is 58.0 Å². The normalized spacial score (nSPS) is 12.8. The lowest BCUT2D eigenvalue weighted by Crippen LogP contribution is -2.18. The van der Waals surface area contributed by atoms with Gasteiger partial charge < -0.3 is 9.47 Å². The molecule has 3 heterocycles. The van der Waals surface area contributed by atoms with Gasteiger partial charge in [-0.25, -0.2) is 4.98 Å². The number of aromatic nitrogens is 3. The van der Waals surface area contributed by atoms with E-state index in [-0.39, 0.29) is 6.79 Å². The van der Waals surface area contributed by atoms with E-state index in [4.69, 9.17) is 26.1 Å². The number of aromatic amines is 1. The lowest BCUT2D eigenvalue weighted by atomic mass is 10.0. The van der Waals surface area contributed by atoms with Crippen molar-refractivity contribution in [2.45, 2.75) is 13.1 Å². The fraction of sp³-hybridized carbons (Fsp3) is 0.182. The number of benzene rings is 2. The van der Waals surface area contributed by atoms with Crippen molar-refractivity contribution < 1.29 is 9.47 Å². The van der Waals surface area contributed by atoms with Crippen molar-refractivity contribution in [3.05, 3.63) is 71.0 Å². The molecule has 2 aromatic carbocycles. The molecule has 0 fully saturated rings. The monoisotopic (exact) mass is 406 g/mol. The SMILES string of the molecule is CN(Cc1ccn[nH]1)Cc1cc2cc3c(cc2nc1-c1ccc(Cl)cc1)OCO3. The summed E-state index contributed by atoms with van der Waals surface area (Å²) in [5.41, 5.74) is 5.03. The zero-order chi connectivity index (χ0) is 19.8. The second-order valence-corrected chi connectivity index (χ2v) is 7.59. The highest BCUT2D eigenvalue weighted by Gasteiger charge is 2.18. The van der Waals surface area contributed by atoms with Gasteiger partial charge >= 0.3 is 0 Å². The maximum atomic E-state index is 6.09. The largest absolute Gasteiger partial charge is 0.454 e. The van der Waals surface area contributed by atoms with Crippen LogP contribution in [0.2, 0.25) is 5.02 Å². The number of hydrogen-bond donors (Lipinski definition) is 1. The van der Waals surface area contributed by atoms with Crippen LogP contribution in [0.5, 0.6) is 11.5 Å². The second kappa shape index (κ2) is 7.39. The van der Waals surface area contributed by atoms with E-state index in [1.807, 2.05) is 42.5 Å². The molecule has 0 bridgehead atoms. The number of rotatable bonds is 5. The van der Waals surface area contributed by atoms with Crippen LogP contribution in [-0.2, 0) is 13.1 Å². The number of fused-ring (bicyclic) bond motifs is 2. The Morgan fingerprint density at radius 3 is 2.59 bits per heavy atom. The third-order valence-electron chi connectivity index (χ3n) is 4.94. The zero-order valence-electron chi connectivity index (χ0n) is 15.9. The Bertz CT molecular complexity index is 1160. The van der Waals surface area contributed by atoms with Crippen LogP contribution in [0.25, 0.3) is 22.2 Å². The molecule has 0 saturated carbocycles. The van der Waals surface area contributed by atoms with Crippen molar-refractivity contribution in [1.82, 2.24) is 20.1 Å². The van der Waals surface area contributed by atoms with E-state index in [1.165, 1.54) is 0 Å². The van der Waals surface area contributed by atoms with Crippen molar-refractivity contribution in [3.8, 4) is 22.8 Å². The lowest BCUT2D eigenvalue weighted by molar-refractivity contribution is 0.174. The Balaban J connectivity index is 1.58. The number of pyridine rings is 1. The Labute approximate surface area is 173 Å². The summed E-state index contributed by atoms with van der Waals surface area (Å²) < 4.78 is 11.1. The van der Waals surface area contributed by atoms with Gasteiger partial charge in [-0.1, -0.05) is 23.7 Å². The molecule has 1 aliphatic heterocycles. The average Bonchev–Trinajstić information content (AvgIpc) is 3.38. The molecule has 0 amide bonds. The molecule has 0 aliphatic carbocycles. The second-order valence-electron chi connectivity index (χ2n) is 7.16. The van der Waals surface area contributed by atoms with Crippen LogP contribution in [0.3, 0.4) is 0 Å². The van der Waals surface area contributed by atoms with E-state index in [1.54, 1.807) is 6.20 Å². The van der Waals surface area contributed by atoms with Gasteiger partial charge in [-0.15, -0.1) is 0 Å². The molecule has 0 atom stereocenters. The molecule has 0 saturated heterocycles. The number of nitrogens with zero attached hydrogens (tertiary/aromatic N) is 3. The highest BCUT2D eigenvalue weighted by molar-refractivity contribution is 6.30.